The summed E-state index contributed by atoms with van der Waals surface area (Å²) >= 11 is 0. The number of rotatable bonds is 8. The number of aryl methyl sites for hydroxylation is 8. The van der Waals surface area contributed by atoms with Gasteiger partial charge < -0.3 is 0 Å². The molecular formula is C120H144N12+4. The predicted octanol–water partition coefficient (Wildman–Crippen LogP) is 28.4. The molecule has 0 N–H and O–H groups in total. The lowest BCUT2D eigenvalue weighted by Gasteiger charge is -2.26. The minimum absolute atomic E-state index is 0.176. The van der Waals surface area contributed by atoms with Crippen LogP contribution in [0.15, 0.2) is 194 Å². The Morgan fingerprint density at radius 2 is 0.659 bits per heavy atom. The average molecular weight is 1750 g/mol. The first-order chi connectivity index (χ1) is 61.8. The average Bonchev–Trinajstić information content (AvgIpc) is 1.64. The molecule has 0 aliphatic heterocycles. The summed E-state index contributed by atoms with van der Waals surface area (Å²) in [5, 5.41) is 10.00. The first kappa shape index (κ1) is 92.1. The Morgan fingerprint density at radius 3 is 1.17 bits per heavy atom. The number of fused-ring (bicyclic) bond motifs is 32. The number of hydrogen-bond donors (Lipinski definition) is 0. The van der Waals surface area contributed by atoms with E-state index in [-0.39, 0.29) is 43.3 Å². The second-order valence-electron chi connectivity index (χ2n) is 48.7. The molecule has 0 amide bonds. The van der Waals surface area contributed by atoms with Crippen LogP contribution in [0.1, 0.15) is 233 Å². The Hall–Kier alpha value is -11.8. The van der Waals surface area contributed by atoms with Crippen LogP contribution in [0.4, 0.5) is 0 Å². The molecule has 0 bridgehead atoms. The smallest absolute Gasteiger partial charge is 0.255 e. The molecule has 20 rings (SSSR count). The summed E-state index contributed by atoms with van der Waals surface area (Å²) in [5.41, 5.74) is 41.9. The molecule has 0 spiro atoms. The Balaban J connectivity index is 0.000000123. The van der Waals surface area contributed by atoms with Crippen LogP contribution >= 0.6 is 0 Å². The van der Waals surface area contributed by atoms with E-state index < -0.39 is 0 Å². The molecule has 0 saturated heterocycles. The lowest BCUT2D eigenvalue weighted by molar-refractivity contribution is -0.617. The molecule has 132 heavy (non-hydrogen) atoms. The number of pyridine rings is 8. The normalized spacial score (nSPS) is 13.1. The lowest BCUT2D eigenvalue weighted by atomic mass is 9.79. The molecule has 0 saturated carbocycles. The van der Waals surface area contributed by atoms with E-state index in [1.165, 1.54) is 199 Å². The van der Waals surface area contributed by atoms with E-state index in [0.29, 0.717) is 0 Å². The second kappa shape index (κ2) is 33.2. The van der Waals surface area contributed by atoms with Gasteiger partial charge in [-0.25, -0.2) is 18.3 Å². The van der Waals surface area contributed by atoms with Gasteiger partial charge in [-0.3, -0.25) is 19.9 Å². The number of hydrogen-bond acceptors (Lipinski definition) is 4. The number of nitrogens with zero attached hydrogens (tertiary/aromatic N) is 12. The second-order valence-corrected chi connectivity index (χ2v) is 48.7. The van der Waals surface area contributed by atoms with Gasteiger partial charge in [0.05, 0.1) is 77.2 Å². The van der Waals surface area contributed by atoms with Crippen LogP contribution in [0.3, 0.4) is 0 Å². The maximum absolute atomic E-state index is 5.27. The molecule has 12 nitrogen and oxygen atoms in total. The molecule has 0 atom stereocenters. The summed E-state index contributed by atoms with van der Waals surface area (Å²) in [6.45, 7) is 64.3. The molecule has 8 aromatic carbocycles. The van der Waals surface area contributed by atoms with E-state index >= 15 is 0 Å². The van der Waals surface area contributed by atoms with E-state index in [9.17, 15) is 0 Å². The van der Waals surface area contributed by atoms with Gasteiger partial charge in [0.15, 0.2) is 44.1 Å². The zero-order valence-corrected chi connectivity index (χ0v) is 85.5. The number of aromatic nitrogens is 12. The van der Waals surface area contributed by atoms with Crippen molar-refractivity contribution in [3.05, 3.63) is 261 Å². The van der Waals surface area contributed by atoms with Gasteiger partial charge >= 0.3 is 0 Å². The van der Waals surface area contributed by atoms with Crippen molar-refractivity contribution in [2.24, 2.45) is 71.5 Å². The Labute approximate surface area is 782 Å². The number of benzene rings is 8. The van der Waals surface area contributed by atoms with Crippen molar-refractivity contribution in [1.82, 2.24) is 37.7 Å². The number of imidazole rings is 4. The van der Waals surface area contributed by atoms with Crippen LogP contribution in [-0.2, 0) is 79.6 Å². The molecule has 0 aliphatic carbocycles. The number of para-hydroxylation sites is 6. The first-order valence-electron chi connectivity index (χ1n) is 48.3. The molecule has 0 fully saturated rings. The highest BCUT2D eigenvalue weighted by molar-refractivity contribution is 6.16. The molecule has 20 aromatic rings. The van der Waals surface area contributed by atoms with Crippen molar-refractivity contribution >= 4 is 154 Å². The van der Waals surface area contributed by atoms with Crippen molar-refractivity contribution in [3.8, 4) is 0 Å². The van der Waals surface area contributed by atoms with Crippen LogP contribution < -0.4 is 18.1 Å². The third-order valence-corrected chi connectivity index (χ3v) is 26.2. The van der Waals surface area contributed by atoms with Crippen molar-refractivity contribution in [3.63, 3.8) is 0 Å². The molecule has 0 radical (unpaired) electrons. The van der Waals surface area contributed by atoms with Gasteiger partial charge in [0.1, 0.15) is 22.1 Å². The topological polar surface area (TPSA) is 85.5 Å². The largest absolute Gasteiger partial charge is 0.297 e. The molecule has 680 valence electrons. The summed E-state index contributed by atoms with van der Waals surface area (Å²) in [5.74, 6) is 0. The van der Waals surface area contributed by atoms with Gasteiger partial charge in [0.25, 0.3) is 22.6 Å². The summed E-state index contributed by atoms with van der Waals surface area (Å²) in [6, 6.07) is 69.5. The Morgan fingerprint density at radius 1 is 0.273 bits per heavy atom. The van der Waals surface area contributed by atoms with Gasteiger partial charge in [-0.05, 0) is 276 Å². The monoisotopic (exact) mass is 1750 g/mol. The molecular weight excluding hydrogens is 1610 g/mol. The quantitative estimate of drug-likeness (QED) is 0.112. The predicted molar refractivity (Wildman–Crippen MR) is 560 cm³/mol. The zero-order chi connectivity index (χ0) is 94.8. The highest BCUT2D eigenvalue weighted by Gasteiger charge is 2.35. The molecule has 0 aliphatic rings. The van der Waals surface area contributed by atoms with Crippen molar-refractivity contribution < 1.29 is 18.1 Å². The maximum Gasteiger partial charge on any atom is 0.297 e. The molecule has 0 unspecified atom stereocenters. The molecule has 12 aromatic heterocycles. The molecule has 12 heterocycles. The van der Waals surface area contributed by atoms with Crippen molar-refractivity contribution in [2.75, 3.05) is 0 Å². The van der Waals surface area contributed by atoms with E-state index in [4.69, 9.17) is 19.9 Å². The van der Waals surface area contributed by atoms with Crippen molar-refractivity contribution in [1.29, 1.82) is 0 Å². The summed E-state index contributed by atoms with van der Waals surface area (Å²) in [4.78, 5) is 20.8. The third-order valence-electron chi connectivity index (χ3n) is 26.2. The van der Waals surface area contributed by atoms with Crippen LogP contribution in [0.2, 0.25) is 0 Å². The standard InChI is InChI=1S/4C30H36N3/c1-19-16-21(18-30(5,6)7)31-26-22-13-9-10-14-23(22)33-27-20(17-29(2,3)4)12-11-15-24(27)32(8)28(33)25(19)26;1-19-15-21(18-30(5,6)7)31-27-22-11-9-10-12-23(22)33-24-14-13-20(17-29(2,3)4)16-25(24)32(8)28(33)26(19)27;1-19-15-21(18-30(5,6)7)31-27-22-11-9-10-12-23(22)33-25-16-20(17-29(2,3)4)13-14-24(25)32(8)28(33)26(19)27;1-19-15-16-31-27-25(19)28-32(8)22-11-9-10-12-23(22)33(28)24-14-13-20(17-29(2,3)4)21(26(24)27)18-30(5,6)7/h4*9-16H,17-18H2,1-8H3/q4*+1. The van der Waals surface area contributed by atoms with Crippen LogP contribution in [0.5, 0.6) is 0 Å². The van der Waals surface area contributed by atoms with Gasteiger partial charge in [0.2, 0.25) is 0 Å². The lowest BCUT2D eigenvalue weighted by Crippen LogP contribution is -2.27. The summed E-state index contributed by atoms with van der Waals surface area (Å²) in [6.07, 6.45) is 10.1. The maximum atomic E-state index is 5.27. The zero-order valence-electron chi connectivity index (χ0n) is 85.5. The fourth-order valence-electron chi connectivity index (χ4n) is 21.6. The van der Waals surface area contributed by atoms with E-state index in [1.54, 1.807) is 0 Å². The Kier molecular flexibility index (Phi) is 23.1. The van der Waals surface area contributed by atoms with Gasteiger partial charge in [-0.1, -0.05) is 245 Å². The van der Waals surface area contributed by atoms with E-state index in [1.807, 2.05) is 6.20 Å². The third kappa shape index (κ3) is 17.7. The summed E-state index contributed by atoms with van der Waals surface area (Å²) < 4.78 is 19.3. The van der Waals surface area contributed by atoms with Gasteiger partial charge in [-0.2, -0.15) is 17.6 Å². The van der Waals surface area contributed by atoms with Crippen LogP contribution in [-0.4, -0.2) is 37.7 Å². The summed E-state index contributed by atoms with van der Waals surface area (Å²) in [7, 11) is 8.78. The minimum atomic E-state index is 0.176. The van der Waals surface area contributed by atoms with E-state index in [0.717, 1.165) is 73.4 Å². The molecule has 12 heteroatoms. The van der Waals surface area contributed by atoms with Crippen LogP contribution in [0.25, 0.3) is 154 Å². The fourth-order valence-corrected chi connectivity index (χ4v) is 21.6. The first-order valence-corrected chi connectivity index (χ1v) is 48.3. The SMILES string of the molecule is Cc1cc(CC(C)(C)C)nc2c3ccccc3[n+]3c4ccc(CC(C)(C)C)cc4n(C)c3c12.Cc1cc(CC(C)(C)C)nc2c3ccccc3n3c4c(CC(C)(C)C)cccc4[n+](C)c3c12.Cc1cc(CC(C)(C)C)nc2c3ccccc3n3c4cc(CC(C)(C)C)ccc4[n+](C)c3c12.Cc1ccnc2c3c(CC(C)(C)C)c(CC(C)(C)C)ccc3n3c4ccccc4[n+](C)c3c12. The fraction of sp³-hybridized carbons (Fsp3) is 0.400. The van der Waals surface area contributed by atoms with E-state index in [2.05, 4.69) is 446 Å². The Bertz CT molecular complexity index is 7980. The minimum Gasteiger partial charge on any atom is -0.255 e. The van der Waals surface area contributed by atoms with Gasteiger partial charge in [0, 0.05) is 45.0 Å². The van der Waals surface area contributed by atoms with Gasteiger partial charge in [-0.15, -0.1) is 0 Å². The highest BCUT2D eigenvalue weighted by Crippen LogP contribution is 2.44. The van der Waals surface area contributed by atoms with Crippen LogP contribution in [0, 0.1) is 71.0 Å². The highest BCUT2D eigenvalue weighted by atomic mass is 15.1. The van der Waals surface area contributed by atoms with Crippen molar-refractivity contribution in [2.45, 2.75) is 245 Å².